The Morgan fingerprint density at radius 1 is 1.24 bits per heavy atom. The Kier molecular flexibility index (Phi) is 3.62. The molecule has 1 heterocycles. The summed E-state index contributed by atoms with van der Waals surface area (Å²) in [5, 5.41) is 12.5. The smallest absolute Gasteiger partial charge is 0.165 e. The number of rotatable bonds is 4. The Morgan fingerprint density at radius 2 is 2.12 bits per heavy atom. The minimum atomic E-state index is -0.605. The zero-order chi connectivity index (χ0) is 12.1. The van der Waals surface area contributed by atoms with E-state index in [9.17, 15) is 9.50 Å². The lowest BCUT2D eigenvalue weighted by atomic mass is 10.2. The van der Waals surface area contributed by atoms with Crippen molar-refractivity contribution >= 4 is 0 Å². The van der Waals surface area contributed by atoms with E-state index in [1.165, 1.54) is 12.4 Å². The molecule has 0 bridgehead atoms. The molecule has 0 radical (unpaired) electrons. The van der Waals surface area contributed by atoms with Gasteiger partial charge in [0.1, 0.15) is 6.33 Å². The maximum Gasteiger partial charge on any atom is 0.165 e. The Bertz CT molecular complexity index is 490. The number of benzene rings is 1. The summed E-state index contributed by atoms with van der Waals surface area (Å²) in [6, 6.07) is 6.25. The van der Waals surface area contributed by atoms with Gasteiger partial charge in [-0.05, 0) is 12.1 Å². The van der Waals surface area contributed by atoms with Crippen LogP contribution in [0.4, 0.5) is 4.39 Å². The molecular weight excluding hydrogens is 221 g/mol. The normalized spacial score (nSPS) is 10.4. The number of phenolic OH excluding ortho intramolecular Hbond substituents is 1. The van der Waals surface area contributed by atoms with Gasteiger partial charge >= 0.3 is 0 Å². The standard InChI is InChI=1S/C12H12FN3O/c13-11-3-1-2-9(12(11)17)6-15-7-10-4-5-14-8-16-10/h1-5,8,15,17H,6-7H2. The summed E-state index contributed by atoms with van der Waals surface area (Å²) in [6.07, 6.45) is 3.13. The van der Waals surface area contributed by atoms with Crippen LogP contribution >= 0.6 is 0 Å². The highest BCUT2D eigenvalue weighted by atomic mass is 19.1. The molecule has 1 aromatic heterocycles. The number of phenols is 1. The van der Waals surface area contributed by atoms with Crippen LogP contribution in [-0.4, -0.2) is 15.1 Å². The van der Waals surface area contributed by atoms with Crippen LogP contribution in [0.1, 0.15) is 11.3 Å². The second kappa shape index (κ2) is 5.36. The van der Waals surface area contributed by atoms with Gasteiger partial charge in [0.15, 0.2) is 11.6 Å². The van der Waals surface area contributed by atoms with Crippen LogP contribution in [-0.2, 0) is 13.1 Å². The second-order valence-corrected chi connectivity index (χ2v) is 3.55. The highest BCUT2D eigenvalue weighted by molar-refractivity contribution is 5.33. The number of nitrogens with one attached hydrogen (secondary N) is 1. The van der Waals surface area contributed by atoms with Crippen molar-refractivity contribution in [2.75, 3.05) is 0 Å². The van der Waals surface area contributed by atoms with Crippen molar-refractivity contribution in [2.24, 2.45) is 0 Å². The first-order valence-corrected chi connectivity index (χ1v) is 5.19. The van der Waals surface area contributed by atoms with Crippen molar-refractivity contribution in [2.45, 2.75) is 13.1 Å². The molecule has 0 unspecified atom stereocenters. The minimum absolute atomic E-state index is 0.303. The molecule has 0 aliphatic rings. The summed E-state index contributed by atoms with van der Waals surface area (Å²) in [6.45, 7) is 0.923. The Labute approximate surface area is 98.2 Å². The van der Waals surface area contributed by atoms with Crippen LogP contribution in [0.3, 0.4) is 0 Å². The number of hydrogen-bond acceptors (Lipinski definition) is 4. The zero-order valence-electron chi connectivity index (χ0n) is 9.10. The van der Waals surface area contributed by atoms with E-state index in [4.69, 9.17) is 0 Å². The topological polar surface area (TPSA) is 58.0 Å². The molecule has 0 aliphatic carbocycles. The van der Waals surface area contributed by atoms with Crippen LogP contribution in [0.25, 0.3) is 0 Å². The third-order valence-corrected chi connectivity index (χ3v) is 2.34. The first-order valence-electron chi connectivity index (χ1n) is 5.19. The van der Waals surface area contributed by atoms with Crippen molar-refractivity contribution in [1.82, 2.24) is 15.3 Å². The van der Waals surface area contributed by atoms with Gasteiger partial charge in [-0.15, -0.1) is 0 Å². The lowest BCUT2D eigenvalue weighted by Gasteiger charge is -2.06. The quantitative estimate of drug-likeness (QED) is 0.842. The summed E-state index contributed by atoms with van der Waals surface area (Å²) < 4.78 is 13.0. The number of hydrogen-bond donors (Lipinski definition) is 2. The van der Waals surface area contributed by atoms with Gasteiger partial charge < -0.3 is 10.4 Å². The van der Waals surface area contributed by atoms with Crippen LogP contribution in [0, 0.1) is 5.82 Å². The average Bonchev–Trinajstić information content (AvgIpc) is 2.36. The van der Waals surface area contributed by atoms with Gasteiger partial charge in [-0.3, -0.25) is 0 Å². The van der Waals surface area contributed by atoms with Crippen molar-refractivity contribution < 1.29 is 9.50 Å². The van der Waals surface area contributed by atoms with E-state index >= 15 is 0 Å². The fourth-order valence-corrected chi connectivity index (χ4v) is 1.45. The van der Waals surface area contributed by atoms with Crippen molar-refractivity contribution in [3.63, 3.8) is 0 Å². The summed E-state index contributed by atoms with van der Waals surface area (Å²) in [7, 11) is 0. The molecular formula is C12H12FN3O. The molecule has 17 heavy (non-hydrogen) atoms. The number of nitrogens with zero attached hydrogens (tertiary/aromatic N) is 2. The van der Waals surface area contributed by atoms with Crippen LogP contribution in [0.2, 0.25) is 0 Å². The molecule has 2 rings (SSSR count). The molecule has 5 heteroatoms. The average molecular weight is 233 g/mol. The summed E-state index contributed by atoms with van der Waals surface area (Å²) in [5.74, 6) is -0.908. The van der Waals surface area contributed by atoms with Gasteiger partial charge in [0.05, 0.1) is 5.69 Å². The molecule has 0 saturated carbocycles. The van der Waals surface area contributed by atoms with E-state index in [-0.39, 0.29) is 5.75 Å². The number of halogens is 1. The maximum absolute atomic E-state index is 13.0. The highest BCUT2D eigenvalue weighted by Crippen LogP contribution is 2.20. The molecule has 0 atom stereocenters. The molecule has 0 spiro atoms. The van der Waals surface area contributed by atoms with E-state index < -0.39 is 5.82 Å². The molecule has 0 aliphatic heterocycles. The number of para-hydroxylation sites is 1. The lowest BCUT2D eigenvalue weighted by molar-refractivity contribution is 0.423. The van der Waals surface area contributed by atoms with Gasteiger partial charge in [0.2, 0.25) is 0 Å². The fraction of sp³-hybridized carbons (Fsp3) is 0.167. The van der Waals surface area contributed by atoms with Gasteiger partial charge in [-0.1, -0.05) is 12.1 Å². The number of aromatic nitrogens is 2. The van der Waals surface area contributed by atoms with E-state index in [0.29, 0.717) is 18.7 Å². The molecule has 1 aromatic carbocycles. The predicted molar refractivity (Wildman–Crippen MR) is 60.6 cm³/mol. The van der Waals surface area contributed by atoms with Gasteiger partial charge in [0, 0.05) is 24.8 Å². The van der Waals surface area contributed by atoms with Gasteiger partial charge in [-0.25, -0.2) is 14.4 Å². The third-order valence-electron chi connectivity index (χ3n) is 2.34. The summed E-state index contributed by atoms with van der Waals surface area (Å²) >= 11 is 0. The molecule has 0 saturated heterocycles. The third kappa shape index (κ3) is 2.98. The molecule has 0 amide bonds. The van der Waals surface area contributed by atoms with E-state index in [2.05, 4.69) is 15.3 Å². The lowest BCUT2D eigenvalue weighted by Crippen LogP contribution is -2.13. The Morgan fingerprint density at radius 3 is 2.88 bits per heavy atom. The van der Waals surface area contributed by atoms with E-state index in [1.807, 2.05) is 0 Å². The SMILES string of the molecule is Oc1c(F)cccc1CNCc1ccncn1. The highest BCUT2D eigenvalue weighted by Gasteiger charge is 2.05. The van der Waals surface area contributed by atoms with Crippen LogP contribution in [0.5, 0.6) is 5.75 Å². The molecule has 2 aromatic rings. The molecule has 2 N–H and O–H groups in total. The summed E-state index contributed by atoms with van der Waals surface area (Å²) in [4.78, 5) is 7.85. The Hall–Kier alpha value is -2.01. The first kappa shape index (κ1) is 11.5. The molecule has 88 valence electrons. The van der Waals surface area contributed by atoms with Crippen molar-refractivity contribution in [3.8, 4) is 5.75 Å². The fourth-order valence-electron chi connectivity index (χ4n) is 1.45. The van der Waals surface area contributed by atoms with Crippen molar-refractivity contribution in [3.05, 3.63) is 53.9 Å². The second-order valence-electron chi connectivity index (χ2n) is 3.55. The monoisotopic (exact) mass is 233 g/mol. The minimum Gasteiger partial charge on any atom is -0.505 e. The van der Waals surface area contributed by atoms with Gasteiger partial charge in [0.25, 0.3) is 0 Å². The van der Waals surface area contributed by atoms with Crippen molar-refractivity contribution in [1.29, 1.82) is 0 Å². The Balaban J connectivity index is 1.93. The molecule has 4 nitrogen and oxygen atoms in total. The van der Waals surface area contributed by atoms with E-state index in [0.717, 1.165) is 5.69 Å². The zero-order valence-corrected chi connectivity index (χ0v) is 9.10. The molecule has 0 fully saturated rings. The largest absolute Gasteiger partial charge is 0.505 e. The van der Waals surface area contributed by atoms with Crippen LogP contribution in [0.15, 0.2) is 36.8 Å². The number of aromatic hydroxyl groups is 1. The first-order chi connectivity index (χ1) is 8.27. The maximum atomic E-state index is 13.0. The van der Waals surface area contributed by atoms with Crippen LogP contribution < -0.4 is 5.32 Å². The van der Waals surface area contributed by atoms with Gasteiger partial charge in [-0.2, -0.15) is 0 Å². The summed E-state index contributed by atoms with van der Waals surface area (Å²) in [5.41, 5.74) is 1.37. The van der Waals surface area contributed by atoms with E-state index in [1.54, 1.807) is 24.4 Å². The predicted octanol–water partition coefficient (Wildman–Crippen LogP) is 1.61.